The molecule has 2 aromatic heterocycles. The monoisotopic (exact) mass is 541 g/mol. The number of hydrogen-bond donors (Lipinski definition) is 2. The summed E-state index contributed by atoms with van der Waals surface area (Å²) in [4.78, 5) is 16.4. The second kappa shape index (κ2) is 16.0. The predicted octanol–water partition coefficient (Wildman–Crippen LogP) is 7.03. The van der Waals surface area contributed by atoms with Gasteiger partial charge in [0.25, 0.3) is 0 Å². The van der Waals surface area contributed by atoms with E-state index in [4.69, 9.17) is 19.5 Å². The van der Waals surface area contributed by atoms with Crippen LogP contribution in [-0.4, -0.2) is 33.5 Å². The van der Waals surface area contributed by atoms with Gasteiger partial charge in [0.05, 0.1) is 6.61 Å². The van der Waals surface area contributed by atoms with Gasteiger partial charge in [-0.1, -0.05) is 27.7 Å². The number of pyridine rings is 1. The quantitative estimate of drug-likeness (QED) is 0.314. The first kappa shape index (κ1) is 32.9. The molecule has 0 spiro atoms. The molecule has 2 heterocycles. The van der Waals surface area contributed by atoms with Gasteiger partial charge in [0.1, 0.15) is 29.8 Å². The van der Waals surface area contributed by atoms with E-state index in [1.807, 2.05) is 47.6 Å². The highest BCUT2D eigenvalue weighted by Gasteiger charge is 2.19. The van der Waals surface area contributed by atoms with Crippen molar-refractivity contribution in [2.75, 3.05) is 11.9 Å². The number of aryl methyl sites for hydroxylation is 1. The third-order valence-corrected chi connectivity index (χ3v) is 4.84. The molecule has 0 saturated carbocycles. The van der Waals surface area contributed by atoms with Crippen molar-refractivity contribution in [1.82, 2.24) is 15.2 Å². The molecule has 0 bridgehead atoms. The number of H-pyrrole nitrogens is 1. The number of amides is 1. The molecule has 3 rings (SSSR count). The van der Waals surface area contributed by atoms with Crippen molar-refractivity contribution in [2.45, 2.75) is 80.9 Å². The van der Waals surface area contributed by atoms with E-state index in [1.54, 1.807) is 33.0 Å². The van der Waals surface area contributed by atoms with E-state index in [1.165, 1.54) is 18.2 Å². The lowest BCUT2D eigenvalue weighted by Gasteiger charge is -2.20. The Morgan fingerprint density at radius 2 is 1.79 bits per heavy atom. The number of ether oxygens (including phenoxy) is 3. The number of anilines is 1. The van der Waals surface area contributed by atoms with Crippen LogP contribution in [0.5, 0.6) is 11.5 Å². The summed E-state index contributed by atoms with van der Waals surface area (Å²) in [6.07, 6.45) is 1.41. The Morgan fingerprint density at radius 1 is 1.10 bits per heavy atom. The molecule has 0 saturated heterocycles. The van der Waals surface area contributed by atoms with Gasteiger partial charge in [-0.3, -0.25) is 10.4 Å². The molecular weight excluding hydrogens is 501 g/mol. The smallest absolute Gasteiger partial charge is 0.413 e. The predicted molar refractivity (Wildman–Crippen MR) is 149 cm³/mol. The van der Waals surface area contributed by atoms with Crippen LogP contribution >= 0.6 is 0 Å². The summed E-state index contributed by atoms with van der Waals surface area (Å²) in [6, 6.07) is 7.90. The Labute approximate surface area is 230 Å². The van der Waals surface area contributed by atoms with Crippen molar-refractivity contribution >= 4 is 11.9 Å². The van der Waals surface area contributed by atoms with Gasteiger partial charge in [0.2, 0.25) is 0 Å². The zero-order chi connectivity index (χ0) is 29.6. The molecule has 39 heavy (non-hydrogen) atoms. The Kier molecular flexibility index (Phi) is 13.5. The summed E-state index contributed by atoms with van der Waals surface area (Å²) in [5, 5.41) is 18.4. The van der Waals surface area contributed by atoms with Crippen LogP contribution in [0.1, 0.15) is 76.5 Å². The van der Waals surface area contributed by atoms with Crippen LogP contribution in [0.2, 0.25) is 0 Å². The maximum Gasteiger partial charge on any atom is 0.413 e. The normalized spacial score (nSPS) is 10.2. The molecular formula is C29H40FN5O4. The molecule has 0 fully saturated rings. The van der Waals surface area contributed by atoms with Crippen molar-refractivity contribution in [3.63, 3.8) is 0 Å². The number of carbonyl (C=O) groups is 1. The number of benzene rings is 1. The van der Waals surface area contributed by atoms with Gasteiger partial charge in [-0.05, 0) is 64.4 Å². The number of nitrogens with one attached hydrogen (secondary N) is 2. The van der Waals surface area contributed by atoms with E-state index in [9.17, 15) is 9.18 Å². The third-order valence-electron chi connectivity index (χ3n) is 4.84. The molecule has 10 heteroatoms. The molecule has 0 aliphatic carbocycles. The van der Waals surface area contributed by atoms with Crippen molar-refractivity contribution in [1.29, 1.82) is 5.26 Å². The molecule has 212 valence electrons. The number of rotatable bonds is 8. The minimum atomic E-state index is -0.672. The van der Waals surface area contributed by atoms with Gasteiger partial charge in [-0.25, -0.2) is 14.2 Å². The van der Waals surface area contributed by atoms with Gasteiger partial charge < -0.3 is 14.2 Å². The van der Waals surface area contributed by atoms with Crippen LogP contribution in [-0.2, 0) is 17.8 Å². The Hall–Kier alpha value is -4.13. The van der Waals surface area contributed by atoms with Gasteiger partial charge >= 0.3 is 6.09 Å². The van der Waals surface area contributed by atoms with E-state index in [2.05, 4.69) is 20.5 Å². The fourth-order valence-electron chi connectivity index (χ4n) is 3.15. The van der Waals surface area contributed by atoms with E-state index in [0.717, 1.165) is 16.8 Å². The number of halogens is 1. The minimum absolute atomic E-state index is 0.0249. The summed E-state index contributed by atoms with van der Waals surface area (Å²) in [6.45, 7) is 17.2. The maximum atomic E-state index is 14.0. The average Bonchev–Trinajstić information content (AvgIpc) is 3.25. The first-order valence-electron chi connectivity index (χ1n) is 13.0. The molecule has 1 aromatic carbocycles. The van der Waals surface area contributed by atoms with Crippen LogP contribution < -0.4 is 14.8 Å². The average molecular weight is 542 g/mol. The summed E-state index contributed by atoms with van der Waals surface area (Å²) in [7, 11) is 0. The van der Waals surface area contributed by atoms with Gasteiger partial charge in [0.15, 0.2) is 17.3 Å². The Balaban J connectivity index is 0.00000181. The van der Waals surface area contributed by atoms with E-state index in [-0.39, 0.29) is 19.0 Å². The molecule has 1 amide bonds. The summed E-state index contributed by atoms with van der Waals surface area (Å²) >= 11 is 0. The largest absolute Gasteiger partial charge is 0.493 e. The number of aromatic nitrogens is 3. The number of aromatic amines is 1. The maximum absolute atomic E-state index is 14.0. The fraction of sp³-hybridized carbons (Fsp3) is 0.448. The number of nitriles is 1. The molecule has 0 radical (unpaired) electrons. The first-order valence-corrected chi connectivity index (χ1v) is 13.0. The lowest BCUT2D eigenvalue weighted by Crippen LogP contribution is -2.27. The van der Waals surface area contributed by atoms with E-state index < -0.39 is 17.5 Å². The number of hydrogen-bond acceptors (Lipinski definition) is 7. The lowest BCUT2D eigenvalue weighted by molar-refractivity contribution is 0.0634. The van der Waals surface area contributed by atoms with Crippen molar-refractivity contribution < 1.29 is 23.4 Å². The van der Waals surface area contributed by atoms with Crippen LogP contribution in [0, 0.1) is 31.0 Å². The number of carbonyl (C=O) groups excluding carboxylic acids is 1. The summed E-state index contributed by atoms with van der Waals surface area (Å²) in [5.74, 6) is 0.509. The second-order valence-corrected chi connectivity index (χ2v) is 8.91. The van der Waals surface area contributed by atoms with Crippen LogP contribution in [0.3, 0.4) is 0 Å². The SMILES string of the molecule is CC.CC.Cc1cnc(NC(=O)OC(C)(C)C)c(OCc2cc(F)ccc2OCCc2[nH]nc(C#N)c2C)c1. The van der Waals surface area contributed by atoms with Crippen LogP contribution in [0.25, 0.3) is 0 Å². The lowest BCUT2D eigenvalue weighted by atomic mass is 10.1. The molecule has 0 unspecified atom stereocenters. The highest BCUT2D eigenvalue weighted by atomic mass is 19.1. The summed E-state index contributed by atoms with van der Waals surface area (Å²) in [5.41, 5.74) is 2.54. The van der Waals surface area contributed by atoms with Crippen molar-refractivity contribution in [3.8, 4) is 17.6 Å². The molecule has 2 N–H and O–H groups in total. The van der Waals surface area contributed by atoms with E-state index >= 15 is 0 Å². The van der Waals surface area contributed by atoms with Gasteiger partial charge in [0, 0.05) is 29.4 Å². The third kappa shape index (κ3) is 10.6. The zero-order valence-corrected chi connectivity index (χ0v) is 24.4. The van der Waals surface area contributed by atoms with Gasteiger partial charge in [-0.15, -0.1) is 0 Å². The van der Waals surface area contributed by atoms with Crippen molar-refractivity contribution in [2.24, 2.45) is 0 Å². The molecule has 3 aromatic rings. The Bertz CT molecular complexity index is 1250. The summed E-state index contributed by atoms with van der Waals surface area (Å²) < 4.78 is 31.0. The zero-order valence-electron chi connectivity index (χ0n) is 24.4. The van der Waals surface area contributed by atoms with Crippen LogP contribution in [0.15, 0.2) is 30.5 Å². The van der Waals surface area contributed by atoms with Gasteiger partial charge in [-0.2, -0.15) is 10.4 Å². The van der Waals surface area contributed by atoms with Crippen LogP contribution in [0.4, 0.5) is 15.0 Å². The molecule has 0 atom stereocenters. The highest BCUT2D eigenvalue weighted by Crippen LogP contribution is 2.27. The fourth-order valence-corrected chi connectivity index (χ4v) is 3.15. The topological polar surface area (TPSA) is 122 Å². The first-order chi connectivity index (χ1) is 18.6. The highest BCUT2D eigenvalue weighted by molar-refractivity contribution is 5.85. The van der Waals surface area contributed by atoms with Crippen molar-refractivity contribution in [3.05, 3.63) is 64.4 Å². The Morgan fingerprint density at radius 3 is 2.41 bits per heavy atom. The van der Waals surface area contributed by atoms with E-state index in [0.29, 0.717) is 29.2 Å². The number of nitrogens with zero attached hydrogens (tertiary/aromatic N) is 3. The molecule has 9 nitrogen and oxygen atoms in total. The second-order valence-electron chi connectivity index (χ2n) is 8.91. The molecule has 0 aliphatic rings. The molecule has 0 aliphatic heterocycles. The minimum Gasteiger partial charge on any atom is -0.493 e. The standard InChI is InChI=1S/C25H28FN5O4.2C2H6/c1-15-10-22(23(28-13-15)29-24(32)35-25(3,4)5)34-14-17-11-18(26)6-7-21(17)33-9-8-19-16(2)20(12-27)31-30-19;2*1-2/h6-7,10-11,13H,8-9,14H2,1-5H3,(H,30,31)(H,28,29,32);2*1-2H3.